The van der Waals surface area contributed by atoms with E-state index in [-0.39, 0.29) is 13.1 Å². The first-order chi connectivity index (χ1) is 5.91. The molecule has 3 heteroatoms. The Hall–Kier alpha value is -0.150. The van der Waals surface area contributed by atoms with Crippen molar-refractivity contribution in [1.29, 1.82) is 0 Å². The fraction of sp³-hybridized carbons (Fsp3) is 1.00. The van der Waals surface area contributed by atoms with Crippen molar-refractivity contribution in [2.45, 2.75) is 38.8 Å². The van der Waals surface area contributed by atoms with Crippen LogP contribution in [0.15, 0.2) is 0 Å². The standard InChI is InChI=1S/C10H21FN2/c1-9(2)3-8(4-9)5-10(11,6-12)7-13/h8H,3-7,12-13H2,1-2H3. The van der Waals surface area contributed by atoms with E-state index >= 15 is 0 Å². The van der Waals surface area contributed by atoms with Crippen LogP contribution in [-0.2, 0) is 0 Å². The van der Waals surface area contributed by atoms with Crippen molar-refractivity contribution in [2.24, 2.45) is 22.8 Å². The minimum Gasteiger partial charge on any atom is -0.327 e. The van der Waals surface area contributed by atoms with Gasteiger partial charge in [-0.15, -0.1) is 0 Å². The molecule has 0 unspecified atom stereocenters. The average Bonchev–Trinajstić information content (AvgIpc) is 2.01. The van der Waals surface area contributed by atoms with Crippen molar-refractivity contribution in [3.05, 3.63) is 0 Å². The molecule has 1 fully saturated rings. The highest BCUT2D eigenvalue weighted by Gasteiger charge is 2.41. The Morgan fingerprint density at radius 3 is 2.08 bits per heavy atom. The van der Waals surface area contributed by atoms with Gasteiger partial charge in [-0.05, 0) is 30.6 Å². The van der Waals surface area contributed by atoms with E-state index in [1.807, 2.05) is 0 Å². The molecule has 0 amide bonds. The van der Waals surface area contributed by atoms with Gasteiger partial charge in [-0.3, -0.25) is 0 Å². The summed E-state index contributed by atoms with van der Waals surface area (Å²) in [6.45, 7) is 4.55. The molecule has 1 aliphatic rings. The predicted octanol–water partition coefficient (Wildman–Crippen LogP) is 1.44. The zero-order chi connectivity index (χ0) is 10.1. The summed E-state index contributed by atoms with van der Waals surface area (Å²) in [5.41, 5.74) is 9.81. The molecule has 1 aliphatic carbocycles. The molecule has 1 saturated carbocycles. The van der Waals surface area contributed by atoms with Gasteiger partial charge in [0.1, 0.15) is 5.67 Å². The zero-order valence-electron chi connectivity index (χ0n) is 8.65. The molecule has 0 aromatic heterocycles. The van der Waals surface area contributed by atoms with E-state index < -0.39 is 5.67 Å². The Kier molecular flexibility index (Phi) is 2.98. The second-order valence-corrected chi connectivity index (χ2v) is 5.20. The molecular formula is C10H21FN2. The lowest BCUT2D eigenvalue weighted by molar-refractivity contribution is 0.0357. The Morgan fingerprint density at radius 1 is 1.31 bits per heavy atom. The van der Waals surface area contributed by atoms with E-state index in [0.717, 1.165) is 12.8 Å². The zero-order valence-corrected chi connectivity index (χ0v) is 8.65. The van der Waals surface area contributed by atoms with Crippen LogP contribution in [0, 0.1) is 11.3 Å². The van der Waals surface area contributed by atoms with Crippen molar-refractivity contribution in [3.63, 3.8) is 0 Å². The van der Waals surface area contributed by atoms with Gasteiger partial charge in [0.05, 0.1) is 0 Å². The summed E-state index contributed by atoms with van der Waals surface area (Å²) in [7, 11) is 0. The molecule has 0 saturated heterocycles. The normalized spacial score (nSPS) is 22.8. The van der Waals surface area contributed by atoms with Gasteiger partial charge in [0.2, 0.25) is 0 Å². The number of hydrogen-bond acceptors (Lipinski definition) is 2. The molecule has 0 aliphatic heterocycles. The minimum atomic E-state index is -1.32. The largest absolute Gasteiger partial charge is 0.327 e. The molecule has 78 valence electrons. The fourth-order valence-electron chi connectivity index (χ4n) is 2.41. The molecular weight excluding hydrogens is 167 g/mol. The van der Waals surface area contributed by atoms with Gasteiger partial charge in [-0.2, -0.15) is 0 Å². The third-order valence-corrected chi connectivity index (χ3v) is 3.07. The Morgan fingerprint density at radius 2 is 1.77 bits per heavy atom. The number of rotatable bonds is 4. The van der Waals surface area contributed by atoms with Crippen LogP contribution >= 0.6 is 0 Å². The molecule has 0 aromatic carbocycles. The molecule has 4 N–H and O–H groups in total. The SMILES string of the molecule is CC1(C)CC(CC(F)(CN)CN)C1. The average molecular weight is 188 g/mol. The van der Waals surface area contributed by atoms with Crippen LogP contribution < -0.4 is 11.5 Å². The monoisotopic (exact) mass is 188 g/mol. The van der Waals surface area contributed by atoms with E-state index in [9.17, 15) is 4.39 Å². The quantitative estimate of drug-likeness (QED) is 0.701. The van der Waals surface area contributed by atoms with Gasteiger partial charge in [-0.1, -0.05) is 13.8 Å². The van der Waals surface area contributed by atoms with E-state index in [0.29, 0.717) is 17.8 Å². The maximum Gasteiger partial charge on any atom is 0.135 e. The number of halogens is 1. The summed E-state index contributed by atoms with van der Waals surface area (Å²) in [6.07, 6.45) is 2.76. The molecule has 0 atom stereocenters. The molecule has 1 rings (SSSR count). The van der Waals surface area contributed by atoms with Gasteiger partial charge in [-0.25, -0.2) is 4.39 Å². The van der Waals surface area contributed by atoms with Gasteiger partial charge in [0.15, 0.2) is 0 Å². The van der Waals surface area contributed by atoms with Crippen LogP contribution in [0.1, 0.15) is 33.1 Å². The van der Waals surface area contributed by atoms with E-state index in [4.69, 9.17) is 11.5 Å². The predicted molar refractivity (Wildman–Crippen MR) is 53.1 cm³/mol. The summed E-state index contributed by atoms with van der Waals surface area (Å²) in [5, 5.41) is 0. The second-order valence-electron chi connectivity index (χ2n) is 5.20. The van der Waals surface area contributed by atoms with E-state index in [2.05, 4.69) is 13.8 Å². The highest BCUT2D eigenvalue weighted by Crippen LogP contribution is 2.48. The first kappa shape index (κ1) is 10.9. The molecule has 0 heterocycles. The van der Waals surface area contributed by atoms with Crippen molar-refractivity contribution in [2.75, 3.05) is 13.1 Å². The van der Waals surface area contributed by atoms with Crippen molar-refractivity contribution in [1.82, 2.24) is 0 Å². The first-order valence-electron chi connectivity index (χ1n) is 5.00. The lowest BCUT2D eigenvalue weighted by Crippen LogP contribution is -2.45. The number of hydrogen-bond donors (Lipinski definition) is 2. The number of alkyl halides is 1. The molecule has 0 bridgehead atoms. The van der Waals surface area contributed by atoms with Crippen LogP contribution in [0.5, 0.6) is 0 Å². The summed E-state index contributed by atoms with van der Waals surface area (Å²) in [5.74, 6) is 0.493. The van der Waals surface area contributed by atoms with Crippen molar-refractivity contribution < 1.29 is 4.39 Å². The van der Waals surface area contributed by atoms with E-state index in [1.54, 1.807) is 0 Å². The molecule has 0 aromatic rings. The lowest BCUT2D eigenvalue weighted by Gasteiger charge is -2.45. The Balaban J connectivity index is 2.34. The first-order valence-corrected chi connectivity index (χ1v) is 5.00. The van der Waals surface area contributed by atoms with Crippen LogP contribution in [0.4, 0.5) is 4.39 Å². The third-order valence-electron chi connectivity index (χ3n) is 3.07. The molecule has 0 spiro atoms. The van der Waals surface area contributed by atoms with Gasteiger partial charge in [0, 0.05) is 13.1 Å². The van der Waals surface area contributed by atoms with E-state index in [1.165, 1.54) is 0 Å². The lowest BCUT2D eigenvalue weighted by atomic mass is 9.62. The highest BCUT2D eigenvalue weighted by molar-refractivity contribution is 4.93. The van der Waals surface area contributed by atoms with Gasteiger partial charge in [0.25, 0.3) is 0 Å². The molecule has 0 radical (unpaired) electrons. The smallest absolute Gasteiger partial charge is 0.135 e. The summed E-state index contributed by atoms with van der Waals surface area (Å²) in [4.78, 5) is 0. The summed E-state index contributed by atoms with van der Waals surface area (Å²) < 4.78 is 13.7. The minimum absolute atomic E-state index is 0.0560. The van der Waals surface area contributed by atoms with Crippen LogP contribution in [0.25, 0.3) is 0 Å². The van der Waals surface area contributed by atoms with Gasteiger partial charge < -0.3 is 11.5 Å². The summed E-state index contributed by atoms with van der Waals surface area (Å²) >= 11 is 0. The highest BCUT2D eigenvalue weighted by atomic mass is 19.1. The Bertz CT molecular complexity index is 168. The van der Waals surface area contributed by atoms with Crippen molar-refractivity contribution in [3.8, 4) is 0 Å². The maximum atomic E-state index is 13.7. The maximum absolute atomic E-state index is 13.7. The third kappa shape index (κ3) is 2.64. The number of nitrogens with two attached hydrogens (primary N) is 2. The van der Waals surface area contributed by atoms with Gasteiger partial charge >= 0.3 is 0 Å². The topological polar surface area (TPSA) is 52.0 Å². The molecule has 13 heavy (non-hydrogen) atoms. The second kappa shape index (κ2) is 3.54. The van der Waals surface area contributed by atoms with Crippen LogP contribution in [0.2, 0.25) is 0 Å². The van der Waals surface area contributed by atoms with Crippen LogP contribution in [0.3, 0.4) is 0 Å². The summed E-state index contributed by atoms with van der Waals surface area (Å²) in [6, 6.07) is 0. The van der Waals surface area contributed by atoms with Crippen molar-refractivity contribution >= 4 is 0 Å². The fourth-order valence-corrected chi connectivity index (χ4v) is 2.41. The van der Waals surface area contributed by atoms with Crippen LogP contribution in [-0.4, -0.2) is 18.8 Å². The Labute approximate surface area is 79.9 Å². The molecule has 2 nitrogen and oxygen atoms in total.